The third-order valence-electron chi connectivity index (χ3n) is 3.46. The van der Waals surface area contributed by atoms with Gasteiger partial charge in [0, 0.05) is 26.2 Å². The van der Waals surface area contributed by atoms with Crippen molar-refractivity contribution in [2.75, 3.05) is 45.2 Å². The lowest BCUT2D eigenvalue weighted by atomic mass is 10.2. The second-order valence-electron chi connectivity index (χ2n) is 4.66. The highest BCUT2D eigenvalue weighted by Crippen LogP contribution is 2.29. The maximum absolute atomic E-state index is 5.37. The van der Waals surface area contributed by atoms with Gasteiger partial charge in [0.1, 0.15) is 5.75 Å². The number of hydrogen-bond donors (Lipinski definition) is 0. The molecule has 18 heavy (non-hydrogen) atoms. The molecule has 0 bridgehead atoms. The van der Waals surface area contributed by atoms with E-state index in [1.165, 1.54) is 0 Å². The minimum absolute atomic E-state index is 0.810. The fraction of sp³-hybridized carbons (Fsp3) is 0.462. The monoisotopic (exact) mass is 247 g/mol. The summed E-state index contributed by atoms with van der Waals surface area (Å²) in [6.45, 7) is 4.07. The highest BCUT2D eigenvalue weighted by molar-refractivity contribution is 5.89. The molecule has 2 heterocycles. The van der Waals surface area contributed by atoms with Crippen LogP contribution in [0, 0.1) is 0 Å². The number of anilines is 1. The van der Waals surface area contributed by atoms with Gasteiger partial charge in [0.15, 0.2) is 11.4 Å². The van der Waals surface area contributed by atoms with E-state index in [0.717, 1.165) is 48.7 Å². The van der Waals surface area contributed by atoms with E-state index in [0.29, 0.717) is 0 Å². The predicted octanol–water partition coefficient (Wildman–Crippen LogP) is 1.59. The van der Waals surface area contributed by atoms with Crippen LogP contribution in [0.3, 0.4) is 0 Å². The molecule has 0 saturated carbocycles. The number of benzene rings is 1. The second kappa shape index (κ2) is 4.49. The molecule has 1 aliphatic heterocycles. The van der Waals surface area contributed by atoms with Crippen LogP contribution in [0.15, 0.2) is 22.7 Å². The molecule has 0 amide bonds. The van der Waals surface area contributed by atoms with Crippen molar-refractivity contribution < 1.29 is 9.26 Å². The van der Waals surface area contributed by atoms with Gasteiger partial charge in [-0.05, 0) is 25.2 Å². The van der Waals surface area contributed by atoms with E-state index < -0.39 is 0 Å². The first-order valence-corrected chi connectivity index (χ1v) is 6.15. The molecule has 0 radical (unpaired) electrons. The Morgan fingerprint density at radius 3 is 2.72 bits per heavy atom. The van der Waals surface area contributed by atoms with Crippen molar-refractivity contribution in [3.63, 3.8) is 0 Å². The summed E-state index contributed by atoms with van der Waals surface area (Å²) in [5.41, 5.74) is 0.810. The third-order valence-corrected chi connectivity index (χ3v) is 3.46. The van der Waals surface area contributed by atoms with Gasteiger partial charge in [-0.15, -0.1) is 0 Å². The van der Waals surface area contributed by atoms with Crippen molar-refractivity contribution in [2.45, 2.75) is 0 Å². The fourth-order valence-electron chi connectivity index (χ4n) is 2.28. The summed E-state index contributed by atoms with van der Waals surface area (Å²) in [4.78, 5) is 4.59. The molecule has 0 aliphatic carbocycles. The standard InChI is InChI=1S/C13H17N3O2/c1-15-5-7-16(8-6-15)13-11-9-10(17-2)3-4-12(11)18-14-13/h3-4,9H,5-8H2,1-2H3. The zero-order chi connectivity index (χ0) is 12.5. The van der Waals surface area contributed by atoms with Crippen LogP contribution in [0.1, 0.15) is 0 Å². The van der Waals surface area contributed by atoms with Gasteiger partial charge in [-0.2, -0.15) is 0 Å². The van der Waals surface area contributed by atoms with E-state index in [9.17, 15) is 0 Å². The number of hydrogen-bond acceptors (Lipinski definition) is 5. The van der Waals surface area contributed by atoms with Gasteiger partial charge in [-0.3, -0.25) is 0 Å². The van der Waals surface area contributed by atoms with E-state index in [4.69, 9.17) is 9.26 Å². The summed E-state index contributed by atoms with van der Waals surface area (Å²) in [5, 5.41) is 5.22. The first kappa shape index (κ1) is 11.3. The molecule has 5 heteroatoms. The van der Waals surface area contributed by atoms with Gasteiger partial charge in [0.25, 0.3) is 0 Å². The number of piperazine rings is 1. The minimum atomic E-state index is 0.810. The third kappa shape index (κ3) is 1.90. The molecule has 0 N–H and O–H groups in total. The van der Waals surface area contributed by atoms with E-state index >= 15 is 0 Å². The number of likely N-dealkylation sites (N-methyl/N-ethyl adjacent to an activating group) is 1. The number of fused-ring (bicyclic) bond motifs is 1. The number of ether oxygens (including phenoxy) is 1. The lowest BCUT2D eigenvalue weighted by Gasteiger charge is -2.32. The van der Waals surface area contributed by atoms with Crippen LogP contribution in [0.4, 0.5) is 5.82 Å². The van der Waals surface area contributed by atoms with Crippen molar-refractivity contribution in [3.8, 4) is 5.75 Å². The van der Waals surface area contributed by atoms with E-state index in [1.807, 2.05) is 18.2 Å². The Morgan fingerprint density at radius 2 is 2.00 bits per heavy atom. The van der Waals surface area contributed by atoms with Crippen LogP contribution in [0.2, 0.25) is 0 Å². The van der Waals surface area contributed by atoms with Crippen LogP contribution in [-0.4, -0.2) is 50.4 Å². The molecule has 1 aromatic heterocycles. The van der Waals surface area contributed by atoms with Crippen molar-refractivity contribution in [1.82, 2.24) is 10.1 Å². The van der Waals surface area contributed by atoms with Crippen LogP contribution >= 0.6 is 0 Å². The Bertz CT molecular complexity index is 544. The Kier molecular flexibility index (Phi) is 2.83. The smallest absolute Gasteiger partial charge is 0.180 e. The first-order chi connectivity index (χ1) is 8.78. The first-order valence-electron chi connectivity index (χ1n) is 6.15. The molecule has 3 rings (SSSR count). The lowest BCUT2D eigenvalue weighted by Crippen LogP contribution is -2.44. The Labute approximate surface area is 106 Å². The molecule has 0 unspecified atom stereocenters. The summed E-state index contributed by atoms with van der Waals surface area (Å²) < 4.78 is 10.6. The lowest BCUT2D eigenvalue weighted by molar-refractivity contribution is 0.310. The molecular formula is C13H17N3O2. The van der Waals surface area contributed by atoms with Crippen molar-refractivity contribution >= 4 is 16.8 Å². The maximum atomic E-state index is 5.37. The second-order valence-corrected chi connectivity index (χ2v) is 4.66. The number of methoxy groups -OCH3 is 1. The van der Waals surface area contributed by atoms with E-state index in [2.05, 4.69) is 22.0 Å². The van der Waals surface area contributed by atoms with Crippen molar-refractivity contribution in [2.24, 2.45) is 0 Å². The summed E-state index contributed by atoms with van der Waals surface area (Å²) in [6.07, 6.45) is 0. The summed E-state index contributed by atoms with van der Waals surface area (Å²) in [5.74, 6) is 1.76. The molecular weight excluding hydrogens is 230 g/mol. The summed E-state index contributed by atoms with van der Waals surface area (Å²) >= 11 is 0. The molecule has 0 spiro atoms. The Hall–Kier alpha value is -1.75. The Balaban J connectivity index is 1.96. The molecule has 1 aliphatic rings. The molecule has 0 atom stereocenters. The molecule has 1 fully saturated rings. The van der Waals surface area contributed by atoms with Crippen LogP contribution in [0.5, 0.6) is 5.75 Å². The zero-order valence-electron chi connectivity index (χ0n) is 10.7. The molecule has 1 saturated heterocycles. The largest absolute Gasteiger partial charge is 0.497 e. The van der Waals surface area contributed by atoms with Crippen LogP contribution < -0.4 is 9.64 Å². The topological polar surface area (TPSA) is 41.7 Å². The van der Waals surface area contributed by atoms with E-state index in [-0.39, 0.29) is 0 Å². The SMILES string of the molecule is COc1ccc2onc(N3CCN(C)CC3)c2c1. The zero-order valence-corrected chi connectivity index (χ0v) is 10.7. The van der Waals surface area contributed by atoms with Crippen LogP contribution in [0.25, 0.3) is 11.0 Å². The minimum Gasteiger partial charge on any atom is -0.497 e. The van der Waals surface area contributed by atoms with Gasteiger partial charge in [0.05, 0.1) is 12.5 Å². The molecule has 1 aromatic carbocycles. The molecule has 96 valence electrons. The van der Waals surface area contributed by atoms with Crippen LogP contribution in [-0.2, 0) is 0 Å². The average Bonchev–Trinajstić information content (AvgIpc) is 2.82. The average molecular weight is 247 g/mol. The number of aromatic nitrogens is 1. The summed E-state index contributed by atoms with van der Waals surface area (Å²) in [6, 6.07) is 5.78. The number of rotatable bonds is 2. The van der Waals surface area contributed by atoms with Gasteiger partial charge in [-0.1, -0.05) is 5.16 Å². The highest BCUT2D eigenvalue weighted by Gasteiger charge is 2.20. The van der Waals surface area contributed by atoms with Crippen molar-refractivity contribution in [3.05, 3.63) is 18.2 Å². The highest BCUT2D eigenvalue weighted by atomic mass is 16.5. The van der Waals surface area contributed by atoms with Crippen molar-refractivity contribution in [1.29, 1.82) is 0 Å². The van der Waals surface area contributed by atoms with E-state index in [1.54, 1.807) is 7.11 Å². The molecule has 5 nitrogen and oxygen atoms in total. The fourth-order valence-corrected chi connectivity index (χ4v) is 2.28. The normalized spacial score (nSPS) is 17.3. The number of nitrogens with zero attached hydrogens (tertiary/aromatic N) is 3. The Morgan fingerprint density at radius 1 is 1.22 bits per heavy atom. The van der Waals surface area contributed by atoms with Gasteiger partial charge >= 0.3 is 0 Å². The maximum Gasteiger partial charge on any atom is 0.180 e. The quantitative estimate of drug-likeness (QED) is 0.806. The summed E-state index contributed by atoms with van der Waals surface area (Å²) in [7, 11) is 3.81. The molecule has 2 aromatic rings. The predicted molar refractivity (Wildman–Crippen MR) is 70.3 cm³/mol. The van der Waals surface area contributed by atoms with Gasteiger partial charge in [0.2, 0.25) is 0 Å². The van der Waals surface area contributed by atoms with Gasteiger partial charge < -0.3 is 19.1 Å². The van der Waals surface area contributed by atoms with Gasteiger partial charge in [-0.25, -0.2) is 0 Å².